The first-order chi connectivity index (χ1) is 8.38. The van der Waals surface area contributed by atoms with Crippen LogP contribution in [0.15, 0.2) is 24.5 Å². The van der Waals surface area contributed by atoms with E-state index < -0.39 is 0 Å². The third-order valence-corrected chi connectivity index (χ3v) is 4.51. The van der Waals surface area contributed by atoms with Gasteiger partial charge in [-0.1, -0.05) is 6.42 Å². The zero-order valence-corrected chi connectivity index (χ0v) is 10.3. The van der Waals surface area contributed by atoms with Crippen LogP contribution in [0, 0.1) is 11.8 Å². The molecule has 2 heterocycles. The van der Waals surface area contributed by atoms with Crippen LogP contribution in [0.2, 0.25) is 0 Å². The summed E-state index contributed by atoms with van der Waals surface area (Å²) in [5.74, 6) is 1.87. The van der Waals surface area contributed by atoms with E-state index in [2.05, 4.69) is 22.0 Å². The average Bonchev–Trinajstić information content (AvgIpc) is 2.92. The molecule has 0 spiro atoms. The molecule has 0 bridgehead atoms. The fourth-order valence-corrected chi connectivity index (χ4v) is 3.61. The summed E-state index contributed by atoms with van der Waals surface area (Å²) in [4.78, 5) is 6.67. The van der Waals surface area contributed by atoms with Crippen molar-refractivity contribution in [3.63, 3.8) is 0 Å². The summed E-state index contributed by atoms with van der Waals surface area (Å²) in [5, 5.41) is 0. The van der Waals surface area contributed by atoms with E-state index in [1.54, 1.807) is 0 Å². The van der Waals surface area contributed by atoms with Crippen molar-refractivity contribution in [1.82, 2.24) is 9.88 Å². The fraction of sp³-hybridized carbons (Fsp3) is 0.643. The maximum atomic E-state index is 5.97. The Labute approximate surface area is 103 Å². The topological polar surface area (TPSA) is 42.1 Å². The van der Waals surface area contributed by atoms with E-state index >= 15 is 0 Å². The number of hydrogen-bond donors (Lipinski definition) is 1. The molecule has 1 saturated heterocycles. The van der Waals surface area contributed by atoms with Gasteiger partial charge in [0.1, 0.15) is 0 Å². The van der Waals surface area contributed by atoms with E-state index in [0.717, 1.165) is 11.8 Å². The van der Waals surface area contributed by atoms with Crippen LogP contribution in [0.25, 0.3) is 0 Å². The van der Waals surface area contributed by atoms with Gasteiger partial charge < -0.3 is 5.73 Å². The van der Waals surface area contributed by atoms with Crippen molar-refractivity contribution in [3.8, 4) is 0 Å². The monoisotopic (exact) mass is 231 g/mol. The Hall–Kier alpha value is -0.930. The number of rotatable bonds is 3. The van der Waals surface area contributed by atoms with Gasteiger partial charge in [0.25, 0.3) is 0 Å². The van der Waals surface area contributed by atoms with Gasteiger partial charge in [0, 0.05) is 38.1 Å². The van der Waals surface area contributed by atoms with Gasteiger partial charge in [-0.25, -0.2) is 0 Å². The van der Waals surface area contributed by atoms with E-state index in [1.807, 2.05) is 12.4 Å². The van der Waals surface area contributed by atoms with E-state index in [0.29, 0.717) is 12.6 Å². The molecule has 1 saturated carbocycles. The lowest BCUT2D eigenvalue weighted by molar-refractivity contribution is 0.231. The molecule has 3 atom stereocenters. The maximum Gasteiger partial charge on any atom is 0.0471 e. The quantitative estimate of drug-likeness (QED) is 0.862. The lowest BCUT2D eigenvalue weighted by atomic mass is 10.0. The minimum atomic E-state index is 0.392. The lowest BCUT2D eigenvalue weighted by Crippen LogP contribution is -2.32. The molecule has 1 aliphatic carbocycles. The first kappa shape index (κ1) is 11.2. The molecule has 1 aromatic heterocycles. The molecule has 2 N–H and O–H groups in total. The van der Waals surface area contributed by atoms with Gasteiger partial charge in [0.2, 0.25) is 0 Å². The largest absolute Gasteiger partial charge is 0.329 e. The van der Waals surface area contributed by atoms with Gasteiger partial charge in [-0.3, -0.25) is 9.88 Å². The minimum Gasteiger partial charge on any atom is -0.329 e. The average molecular weight is 231 g/mol. The molecule has 3 unspecified atom stereocenters. The van der Waals surface area contributed by atoms with E-state index in [-0.39, 0.29) is 0 Å². The summed E-state index contributed by atoms with van der Waals surface area (Å²) in [7, 11) is 0. The van der Waals surface area contributed by atoms with Crippen molar-refractivity contribution in [1.29, 1.82) is 0 Å². The molecule has 3 rings (SSSR count). The number of likely N-dealkylation sites (tertiary alicyclic amines) is 1. The van der Waals surface area contributed by atoms with Crippen molar-refractivity contribution >= 4 is 0 Å². The summed E-state index contributed by atoms with van der Waals surface area (Å²) >= 11 is 0. The summed E-state index contributed by atoms with van der Waals surface area (Å²) in [6.45, 7) is 3.20. The van der Waals surface area contributed by atoms with Gasteiger partial charge in [-0.2, -0.15) is 0 Å². The van der Waals surface area contributed by atoms with Crippen LogP contribution in [0.5, 0.6) is 0 Å². The first-order valence-corrected chi connectivity index (χ1v) is 6.72. The summed E-state index contributed by atoms with van der Waals surface area (Å²) < 4.78 is 0. The van der Waals surface area contributed by atoms with Crippen molar-refractivity contribution < 1.29 is 0 Å². The highest BCUT2D eigenvalue weighted by Crippen LogP contribution is 2.40. The summed E-state index contributed by atoms with van der Waals surface area (Å²) in [6, 6.07) is 4.60. The van der Waals surface area contributed by atoms with Crippen LogP contribution in [0.1, 0.15) is 30.9 Å². The summed E-state index contributed by atoms with van der Waals surface area (Å²) in [6.07, 6.45) is 8.03. The molecular weight excluding hydrogens is 210 g/mol. The smallest absolute Gasteiger partial charge is 0.0471 e. The Bertz CT molecular complexity index is 353. The Morgan fingerprint density at radius 2 is 1.88 bits per heavy atom. The number of nitrogens with zero attached hydrogens (tertiary/aromatic N) is 2. The number of fused-ring (bicyclic) bond motifs is 1. The van der Waals surface area contributed by atoms with Crippen molar-refractivity contribution in [2.45, 2.75) is 25.3 Å². The molecule has 17 heavy (non-hydrogen) atoms. The molecule has 92 valence electrons. The highest BCUT2D eigenvalue weighted by Gasteiger charge is 2.38. The Balaban J connectivity index is 1.74. The molecule has 1 aliphatic heterocycles. The van der Waals surface area contributed by atoms with Crippen LogP contribution < -0.4 is 5.73 Å². The van der Waals surface area contributed by atoms with Crippen LogP contribution in [-0.2, 0) is 0 Å². The highest BCUT2D eigenvalue weighted by molar-refractivity contribution is 5.16. The highest BCUT2D eigenvalue weighted by atomic mass is 15.2. The maximum absolute atomic E-state index is 5.97. The van der Waals surface area contributed by atoms with Gasteiger partial charge in [0.05, 0.1) is 0 Å². The molecule has 0 aromatic carbocycles. The number of pyridine rings is 1. The summed E-state index contributed by atoms with van der Waals surface area (Å²) in [5.41, 5.74) is 7.29. The molecular formula is C14H21N3. The van der Waals surface area contributed by atoms with Crippen LogP contribution in [0.3, 0.4) is 0 Å². The van der Waals surface area contributed by atoms with Crippen LogP contribution in [0.4, 0.5) is 0 Å². The molecule has 2 aliphatic rings. The third-order valence-electron chi connectivity index (χ3n) is 4.51. The molecule has 3 heteroatoms. The molecule has 1 aromatic rings. The number of hydrogen-bond acceptors (Lipinski definition) is 3. The second-order valence-electron chi connectivity index (χ2n) is 5.44. The second-order valence-corrected chi connectivity index (χ2v) is 5.44. The zero-order chi connectivity index (χ0) is 11.7. The first-order valence-electron chi connectivity index (χ1n) is 6.72. The van der Waals surface area contributed by atoms with Crippen molar-refractivity contribution in [2.75, 3.05) is 19.6 Å². The Morgan fingerprint density at radius 3 is 2.47 bits per heavy atom. The van der Waals surface area contributed by atoms with Crippen molar-refractivity contribution in [2.24, 2.45) is 17.6 Å². The predicted octanol–water partition coefficient (Wildman–Crippen LogP) is 1.81. The molecule has 0 radical (unpaired) electrons. The van der Waals surface area contributed by atoms with Gasteiger partial charge in [0.15, 0.2) is 0 Å². The van der Waals surface area contributed by atoms with Crippen LogP contribution in [-0.4, -0.2) is 29.5 Å². The van der Waals surface area contributed by atoms with Gasteiger partial charge >= 0.3 is 0 Å². The fourth-order valence-electron chi connectivity index (χ4n) is 3.61. The lowest BCUT2D eigenvalue weighted by Gasteiger charge is -2.27. The second kappa shape index (κ2) is 4.75. The van der Waals surface area contributed by atoms with E-state index in [4.69, 9.17) is 5.73 Å². The predicted molar refractivity (Wildman–Crippen MR) is 68.4 cm³/mol. The SMILES string of the molecule is NCC(c1ccncc1)N1CC2CCCC2C1. The zero-order valence-electron chi connectivity index (χ0n) is 10.3. The Morgan fingerprint density at radius 1 is 1.24 bits per heavy atom. The molecule has 0 amide bonds. The minimum absolute atomic E-state index is 0.392. The molecule has 2 fully saturated rings. The Kier molecular flexibility index (Phi) is 3.12. The standard InChI is InChI=1S/C14H21N3/c15-8-14(11-4-6-16-7-5-11)17-9-12-2-1-3-13(12)10-17/h4-7,12-14H,1-3,8-10,15H2. The van der Waals surface area contributed by atoms with Crippen LogP contribution >= 0.6 is 0 Å². The third kappa shape index (κ3) is 2.09. The number of nitrogens with two attached hydrogens (primary N) is 1. The van der Waals surface area contributed by atoms with Gasteiger partial charge in [-0.15, -0.1) is 0 Å². The van der Waals surface area contributed by atoms with E-state index in [1.165, 1.54) is 37.9 Å². The molecule has 3 nitrogen and oxygen atoms in total. The number of aromatic nitrogens is 1. The van der Waals surface area contributed by atoms with E-state index in [9.17, 15) is 0 Å². The van der Waals surface area contributed by atoms with Crippen molar-refractivity contribution in [3.05, 3.63) is 30.1 Å². The van der Waals surface area contributed by atoms with Gasteiger partial charge in [-0.05, 0) is 42.4 Å². The normalized spacial score (nSPS) is 30.4.